The molecule has 1 aliphatic rings. The Balaban J connectivity index is 1.92. The van der Waals surface area contributed by atoms with E-state index in [1.807, 2.05) is 0 Å². The van der Waals surface area contributed by atoms with Crippen LogP contribution in [0.1, 0.15) is 39.5 Å². The Morgan fingerprint density at radius 3 is 2.62 bits per heavy atom. The lowest BCUT2D eigenvalue weighted by Gasteiger charge is -2.34. The lowest BCUT2D eigenvalue weighted by atomic mass is 9.75. The predicted molar refractivity (Wildman–Crippen MR) is 66.7 cm³/mol. The standard InChI is InChI=1S/C12H18ClN3/c1-12(2)5-3-9(4-6-12)16-11-7-10(13)14-8-15-11/h7-9H,3-6H2,1-2H3,(H,14,15,16). The van der Waals surface area contributed by atoms with Crippen molar-refractivity contribution in [2.45, 2.75) is 45.6 Å². The first kappa shape index (κ1) is 11.6. The summed E-state index contributed by atoms with van der Waals surface area (Å²) in [6.45, 7) is 4.68. The highest BCUT2D eigenvalue weighted by Gasteiger charge is 2.26. The highest BCUT2D eigenvalue weighted by atomic mass is 35.5. The van der Waals surface area contributed by atoms with Crippen molar-refractivity contribution >= 4 is 17.4 Å². The summed E-state index contributed by atoms with van der Waals surface area (Å²) in [5, 5.41) is 3.92. The van der Waals surface area contributed by atoms with E-state index in [1.54, 1.807) is 6.07 Å². The van der Waals surface area contributed by atoms with E-state index in [-0.39, 0.29) is 0 Å². The van der Waals surface area contributed by atoms with Crippen LogP contribution >= 0.6 is 11.6 Å². The molecule has 0 unspecified atom stereocenters. The topological polar surface area (TPSA) is 37.8 Å². The molecule has 1 aliphatic carbocycles. The van der Waals surface area contributed by atoms with Gasteiger partial charge in [0.1, 0.15) is 17.3 Å². The highest BCUT2D eigenvalue weighted by Crippen LogP contribution is 2.35. The average molecular weight is 240 g/mol. The van der Waals surface area contributed by atoms with E-state index in [1.165, 1.54) is 32.0 Å². The molecule has 0 aliphatic heterocycles. The van der Waals surface area contributed by atoms with Crippen LogP contribution in [0.3, 0.4) is 0 Å². The zero-order valence-electron chi connectivity index (χ0n) is 9.83. The lowest BCUT2D eigenvalue weighted by molar-refractivity contribution is 0.232. The van der Waals surface area contributed by atoms with Crippen LogP contribution in [0.15, 0.2) is 12.4 Å². The van der Waals surface area contributed by atoms with Crippen LogP contribution < -0.4 is 5.32 Å². The van der Waals surface area contributed by atoms with Gasteiger partial charge in [-0.05, 0) is 31.1 Å². The van der Waals surface area contributed by atoms with Crippen molar-refractivity contribution in [3.05, 3.63) is 17.5 Å². The summed E-state index contributed by atoms with van der Waals surface area (Å²) in [4.78, 5) is 8.03. The first-order chi connectivity index (χ1) is 7.55. The minimum Gasteiger partial charge on any atom is -0.367 e. The van der Waals surface area contributed by atoms with E-state index in [9.17, 15) is 0 Å². The summed E-state index contributed by atoms with van der Waals surface area (Å²) in [5.74, 6) is 0.838. The molecule has 0 saturated heterocycles. The third kappa shape index (κ3) is 3.08. The molecule has 1 N–H and O–H groups in total. The molecule has 16 heavy (non-hydrogen) atoms. The Kier molecular flexibility index (Phi) is 3.33. The third-order valence-electron chi connectivity index (χ3n) is 3.32. The van der Waals surface area contributed by atoms with E-state index >= 15 is 0 Å². The molecule has 4 heteroatoms. The molecule has 3 nitrogen and oxygen atoms in total. The van der Waals surface area contributed by atoms with E-state index in [0.29, 0.717) is 16.6 Å². The van der Waals surface area contributed by atoms with Gasteiger partial charge in [0, 0.05) is 12.1 Å². The maximum atomic E-state index is 5.82. The van der Waals surface area contributed by atoms with Gasteiger partial charge in [-0.1, -0.05) is 25.4 Å². The van der Waals surface area contributed by atoms with Gasteiger partial charge in [0.05, 0.1) is 0 Å². The lowest BCUT2D eigenvalue weighted by Crippen LogP contribution is -2.30. The van der Waals surface area contributed by atoms with Crippen molar-refractivity contribution in [3.63, 3.8) is 0 Å². The molecular weight excluding hydrogens is 222 g/mol. The molecule has 0 radical (unpaired) electrons. The normalized spacial score (nSPS) is 20.7. The Labute approximate surface area is 102 Å². The Morgan fingerprint density at radius 2 is 2.00 bits per heavy atom. The number of nitrogens with zero attached hydrogens (tertiary/aromatic N) is 2. The Morgan fingerprint density at radius 1 is 1.31 bits per heavy atom. The van der Waals surface area contributed by atoms with E-state index < -0.39 is 0 Å². The molecule has 88 valence electrons. The summed E-state index contributed by atoms with van der Waals surface area (Å²) < 4.78 is 0. The first-order valence-corrected chi connectivity index (χ1v) is 6.17. The number of hydrogen-bond acceptors (Lipinski definition) is 3. The van der Waals surface area contributed by atoms with E-state index in [0.717, 1.165) is 5.82 Å². The fourth-order valence-corrected chi connectivity index (χ4v) is 2.31. The summed E-state index contributed by atoms with van der Waals surface area (Å²) in [6, 6.07) is 2.31. The average Bonchev–Trinajstić information content (AvgIpc) is 2.21. The minimum atomic E-state index is 0.494. The molecule has 0 spiro atoms. The van der Waals surface area contributed by atoms with Crippen molar-refractivity contribution in [1.82, 2.24) is 9.97 Å². The smallest absolute Gasteiger partial charge is 0.134 e. The van der Waals surface area contributed by atoms with Crippen molar-refractivity contribution in [2.24, 2.45) is 5.41 Å². The van der Waals surface area contributed by atoms with Crippen LogP contribution in [0.2, 0.25) is 5.15 Å². The van der Waals surface area contributed by atoms with E-state index in [4.69, 9.17) is 11.6 Å². The fraction of sp³-hybridized carbons (Fsp3) is 0.667. The van der Waals surface area contributed by atoms with Gasteiger partial charge in [-0.15, -0.1) is 0 Å². The maximum absolute atomic E-state index is 5.82. The molecular formula is C12H18ClN3. The zero-order valence-corrected chi connectivity index (χ0v) is 10.6. The van der Waals surface area contributed by atoms with Gasteiger partial charge in [0.15, 0.2) is 0 Å². The number of rotatable bonds is 2. The minimum absolute atomic E-state index is 0.494. The Bertz CT molecular complexity index is 355. The third-order valence-corrected chi connectivity index (χ3v) is 3.53. The predicted octanol–water partition coefficient (Wildman–Crippen LogP) is 3.51. The van der Waals surface area contributed by atoms with Crippen molar-refractivity contribution < 1.29 is 0 Å². The highest BCUT2D eigenvalue weighted by molar-refractivity contribution is 6.29. The van der Waals surface area contributed by atoms with E-state index in [2.05, 4.69) is 29.1 Å². The van der Waals surface area contributed by atoms with Crippen molar-refractivity contribution in [1.29, 1.82) is 0 Å². The van der Waals surface area contributed by atoms with Gasteiger partial charge in [-0.3, -0.25) is 0 Å². The summed E-state index contributed by atoms with van der Waals surface area (Å²) in [6.07, 6.45) is 6.44. The van der Waals surface area contributed by atoms with Gasteiger partial charge in [0.25, 0.3) is 0 Å². The Hall–Kier alpha value is -0.830. The SMILES string of the molecule is CC1(C)CCC(Nc2cc(Cl)ncn2)CC1. The van der Waals surface area contributed by atoms with Crippen LogP contribution in [0.25, 0.3) is 0 Å². The van der Waals surface area contributed by atoms with Crippen molar-refractivity contribution in [2.75, 3.05) is 5.32 Å². The largest absolute Gasteiger partial charge is 0.367 e. The number of nitrogens with one attached hydrogen (secondary N) is 1. The summed E-state index contributed by atoms with van der Waals surface area (Å²) in [7, 11) is 0. The van der Waals surface area contributed by atoms with Gasteiger partial charge in [-0.25, -0.2) is 9.97 Å². The quantitative estimate of drug-likeness (QED) is 0.803. The van der Waals surface area contributed by atoms with Crippen LogP contribution in [0.5, 0.6) is 0 Å². The second-order valence-electron chi connectivity index (χ2n) is 5.31. The molecule has 1 aromatic heterocycles. The molecule has 1 aromatic rings. The number of hydrogen-bond donors (Lipinski definition) is 1. The number of aromatic nitrogens is 2. The molecule has 0 bridgehead atoms. The van der Waals surface area contributed by atoms with Gasteiger partial charge >= 0.3 is 0 Å². The summed E-state index contributed by atoms with van der Waals surface area (Å²) in [5.41, 5.74) is 0.501. The van der Waals surface area contributed by atoms with Crippen molar-refractivity contribution in [3.8, 4) is 0 Å². The molecule has 1 fully saturated rings. The molecule has 1 heterocycles. The number of halogens is 1. The van der Waals surface area contributed by atoms with Gasteiger partial charge < -0.3 is 5.32 Å². The molecule has 0 amide bonds. The molecule has 0 atom stereocenters. The number of anilines is 1. The maximum Gasteiger partial charge on any atom is 0.134 e. The summed E-state index contributed by atoms with van der Waals surface area (Å²) >= 11 is 5.82. The molecule has 0 aromatic carbocycles. The second-order valence-corrected chi connectivity index (χ2v) is 5.70. The van der Waals surface area contributed by atoms with Crippen LogP contribution in [0.4, 0.5) is 5.82 Å². The van der Waals surface area contributed by atoms with Crippen LogP contribution in [-0.2, 0) is 0 Å². The van der Waals surface area contributed by atoms with Gasteiger partial charge in [0.2, 0.25) is 0 Å². The molecule has 1 saturated carbocycles. The zero-order chi connectivity index (χ0) is 11.6. The first-order valence-electron chi connectivity index (χ1n) is 5.79. The van der Waals surface area contributed by atoms with Crippen LogP contribution in [0, 0.1) is 5.41 Å². The van der Waals surface area contributed by atoms with Crippen LogP contribution in [-0.4, -0.2) is 16.0 Å². The fourth-order valence-electron chi connectivity index (χ4n) is 2.17. The molecule has 2 rings (SSSR count). The monoisotopic (exact) mass is 239 g/mol. The van der Waals surface area contributed by atoms with Gasteiger partial charge in [-0.2, -0.15) is 0 Å². The second kappa shape index (κ2) is 4.58.